The van der Waals surface area contributed by atoms with E-state index in [2.05, 4.69) is 10.3 Å². The molecule has 1 rings (SSSR count). The van der Waals surface area contributed by atoms with Crippen LogP contribution in [0.4, 0.5) is 0 Å². The smallest absolute Gasteiger partial charge is 0.214 e. The molecule has 0 radical (unpaired) electrons. The molecule has 1 heterocycles. The quantitative estimate of drug-likeness (QED) is 0.537. The highest BCUT2D eigenvalue weighted by atomic mass is 16.7. The average Bonchev–Trinajstić information content (AvgIpc) is 2.27. The minimum Gasteiger partial charge on any atom is -0.399 e. The number of hydrogen-bond acceptors (Lipinski definition) is 6. The summed E-state index contributed by atoms with van der Waals surface area (Å²) >= 11 is 0. The fourth-order valence-electron chi connectivity index (χ4n) is 1.52. The van der Waals surface area contributed by atoms with Crippen molar-refractivity contribution >= 4 is 11.4 Å². The van der Waals surface area contributed by atoms with Crippen LogP contribution in [0, 0.1) is 0 Å². The lowest BCUT2D eigenvalue weighted by atomic mass is 10.1. The Morgan fingerprint density at radius 3 is 2.19 bits per heavy atom. The lowest BCUT2D eigenvalue weighted by molar-refractivity contribution is -0.210. The van der Waals surface area contributed by atoms with Crippen molar-refractivity contribution in [3.05, 3.63) is 0 Å². The Labute approximate surface area is 95.2 Å². The highest BCUT2D eigenvalue weighted by Crippen LogP contribution is 2.21. The minimum atomic E-state index is -0.916. The predicted octanol–water partition coefficient (Wildman–Crippen LogP) is 1.16. The molecule has 6 heteroatoms. The topological polar surface area (TPSA) is 61.6 Å². The second kappa shape index (κ2) is 5.81. The van der Waals surface area contributed by atoms with Crippen LogP contribution in [-0.4, -0.2) is 44.6 Å². The summed E-state index contributed by atoms with van der Waals surface area (Å²) in [7, 11) is 2.94. The van der Waals surface area contributed by atoms with E-state index in [9.17, 15) is 0 Å². The second-order valence-corrected chi connectivity index (χ2v) is 3.48. The van der Waals surface area contributed by atoms with Gasteiger partial charge in [0.1, 0.15) is 19.9 Å². The molecule has 6 nitrogen and oxygen atoms in total. The lowest BCUT2D eigenvalue weighted by Crippen LogP contribution is -2.48. The highest BCUT2D eigenvalue weighted by Gasteiger charge is 2.38. The Kier molecular flexibility index (Phi) is 4.70. The van der Waals surface area contributed by atoms with Crippen LogP contribution >= 0.6 is 0 Å². The zero-order valence-electron chi connectivity index (χ0n) is 10.1. The van der Waals surface area contributed by atoms with Crippen LogP contribution in [-0.2, 0) is 19.1 Å². The van der Waals surface area contributed by atoms with Crippen LogP contribution in [0.15, 0.2) is 10.3 Å². The van der Waals surface area contributed by atoms with Gasteiger partial charge in [-0.15, -0.1) is 0 Å². The first-order valence-corrected chi connectivity index (χ1v) is 5.11. The molecule has 16 heavy (non-hydrogen) atoms. The van der Waals surface area contributed by atoms with Crippen LogP contribution < -0.4 is 0 Å². The molecule has 92 valence electrons. The molecular weight excluding hydrogens is 212 g/mol. The third kappa shape index (κ3) is 2.93. The first kappa shape index (κ1) is 12.9. The molecule has 0 aromatic rings. The van der Waals surface area contributed by atoms with Crippen LogP contribution in [0.1, 0.15) is 20.3 Å². The van der Waals surface area contributed by atoms with Gasteiger partial charge in [-0.2, -0.15) is 0 Å². The van der Waals surface area contributed by atoms with Gasteiger partial charge in [-0.05, 0) is 20.3 Å². The third-order valence-electron chi connectivity index (χ3n) is 2.23. The van der Waals surface area contributed by atoms with E-state index in [1.165, 1.54) is 14.2 Å². The number of oxime groups is 2. The Morgan fingerprint density at radius 2 is 1.69 bits per heavy atom. The van der Waals surface area contributed by atoms with Gasteiger partial charge >= 0.3 is 0 Å². The van der Waals surface area contributed by atoms with Crippen molar-refractivity contribution in [1.29, 1.82) is 0 Å². The molecule has 0 aromatic carbocycles. The maximum absolute atomic E-state index is 5.58. The zero-order valence-corrected chi connectivity index (χ0v) is 10.1. The van der Waals surface area contributed by atoms with Gasteiger partial charge in [0.25, 0.3) is 0 Å². The standard InChI is InChI=1S/C10H18N2O4/c1-8(11-13-3)9(12-14-4)10(2)15-6-5-7-16-10/h5-7H2,1-4H3. The van der Waals surface area contributed by atoms with E-state index in [0.717, 1.165) is 6.42 Å². The minimum absolute atomic E-state index is 0.483. The van der Waals surface area contributed by atoms with E-state index in [1.54, 1.807) is 13.8 Å². The fourth-order valence-corrected chi connectivity index (χ4v) is 1.52. The van der Waals surface area contributed by atoms with Gasteiger partial charge < -0.3 is 19.1 Å². The van der Waals surface area contributed by atoms with Gasteiger partial charge in [0.05, 0.1) is 13.2 Å². The molecule has 0 bridgehead atoms. The molecule has 1 aliphatic rings. The highest BCUT2D eigenvalue weighted by molar-refractivity contribution is 6.43. The summed E-state index contributed by atoms with van der Waals surface area (Å²) in [5.41, 5.74) is 1.05. The Balaban J connectivity index is 2.92. The van der Waals surface area contributed by atoms with Crippen molar-refractivity contribution in [3.63, 3.8) is 0 Å². The van der Waals surface area contributed by atoms with Crippen molar-refractivity contribution in [2.45, 2.75) is 26.1 Å². The maximum Gasteiger partial charge on any atom is 0.214 e. The summed E-state index contributed by atoms with van der Waals surface area (Å²) in [4.78, 5) is 9.49. The van der Waals surface area contributed by atoms with E-state index >= 15 is 0 Å². The largest absolute Gasteiger partial charge is 0.399 e. The summed E-state index contributed by atoms with van der Waals surface area (Å²) < 4.78 is 11.2. The molecule has 1 aliphatic heterocycles. The normalized spacial score (nSPS) is 21.8. The molecule has 0 N–H and O–H groups in total. The maximum atomic E-state index is 5.58. The van der Waals surface area contributed by atoms with Gasteiger partial charge in [0.2, 0.25) is 5.79 Å². The summed E-state index contributed by atoms with van der Waals surface area (Å²) in [6.07, 6.45) is 0.871. The first-order chi connectivity index (χ1) is 7.64. The number of nitrogens with zero attached hydrogens (tertiary/aromatic N) is 2. The van der Waals surface area contributed by atoms with Crippen LogP contribution in [0.5, 0.6) is 0 Å². The molecular formula is C10H18N2O4. The first-order valence-electron chi connectivity index (χ1n) is 5.11. The van der Waals surface area contributed by atoms with Crippen molar-refractivity contribution < 1.29 is 19.1 Å². The Morgan fingerprint density at radius 1 is 1.12 bits per heavy atom. The summed E-state index contributed by atoms with van der Waals surface area (Å²) in [5, 5.41) is 7.70. The summed E-state index contributed by atoms with van der Waals surface area (Å²) in [6.45, 7) is 4.80. The van der Waals surface area contributed by atoms with E-state index in [-0.39, 0.29) is 0 Å². The van der Waals surface area contributed by atoms with Gasteiger partial charge in [0, 0.05) is 0 Å². The van der Waals surface area contributed by atoms with Crippen molar-refractivity contribution in [3.8, 4) is 0 Å². The van der Waals surface area contributed by atoms with Crippen LogP contribution in [0.2, 0.25) is 0 Å². The van der Waals surface area contributed by atoms with Crippen LogP contribution in [0.25, 0.3) is 0 Å². The van der Waals surface area contributed by atoms with E-state index in [1.807, 2.05) is 0 Å². The third-order valence-corrected chi connectivity index (χ3v) is 2.23. The van der Waals surface area contributed by atoms with E-state index in [4.69, 9.17) is 19.1 Å². The molecule has 0 unspecified atom stereocenters. The predicted molar refractivity (Wildman–Crippen MR) is 59.5 cm³/mol. The van der Waals surface area contributed by atoms with E-state index in [0.29, 0.717) is 24.6 Å². The molecule has 0 spiro atoms. The molecule has 1 saturated heterocycles. The monoisotopic (exact) mass is 230 g/mol. The Bertz CT molecular complexity index is 283. The van der Waals surface area contributed by atoms with E-state index < -0.39 is 5.79 Å². The number of hydrogen-bond donors (Lipinski definition) is 0. The Hall–Kier alpha value is -1.14. The summed E-state index contributed by atoms with van der Waals surface area (Å²) in [6, 6.07) is 0. The number of ether oxygens (including phenoxy) is 2. The second-order valence-electron chi connectivity index (χ2n) is 3.48. The molecule has 0 aliphatic carbocycles. The fraction of sp³-hybridized carbons (Fsp3) is 0.800. The molecule has 1 fully saturated rings. The lowest BCUT2D eigenvalue weighted by Gasteiger charge is -2.33. The molecule has 0 saturated carbocycles. The zero-order chi connectivity index (χ0) is 12.0. The van der Waals surface area contributed by atoms with Gasteiger partial charge in [-0.25, -0.2) is 0 Å². The van der Waals surface area contributed by atoms with Gasteiger partial charge in [0.15, 0.2) is 5.71 Å². The van der Waals surface area contributed by atoms with Crippen molar-refractivity contribution in [1.82, 2.24) is 0 Å². The molecule has 0 amide bonds. The molecule has 0 atom stereocenters. The summed E-state index contributed by atoms with van der Waals surface area (Å²) in [5.74, 6) is -0.916. The SMILES string of the molecule is CON=C(C)C(=NOC)C1(C)OCCCO1. The molecule has 0 aromatic heterocycles. The van der Waals surface area contributed by atoms with Gasteiger partial charge in [-0.1, -0.05) is 10.3 Å². The van der Waals surface area contributed by atoms with Crippen molar-refractivity contribution in [2.24, 2.45) is 10.3 Å². The van der Waals surface area contributed by atoms with Crippen molar-refractivity contribution in [2.75, 3.05) is 27.4 Å². The average molecular weight is 230 g/mol. The van der Waals surface area contributed by atoms with Gasteiger partial charge in [-0.3, -0.25) is 0 Å². The number of rotatable bonds is 4. The van der Waals surface area contributed by atoms with Crippen LogP contribution in [0.3, 0.4) is 0 Å².